The monoisotopic (exact) mass is 295 g/mol. The topological polar surface area (TPSA) is 39.1 Å². The Kier molecular flexibility index (Phi) is 4.38. The third kappa shape index (κ3) is 3.21. The maximum atomic E-state index is 6.15. The zero-order valence-corrected chi connectivity index (χ0v) is 13.3. The van der Waals surface area contributed by atoms with Crippen LogP contribution in [0.4, 0.5) is 0 Å². The van der Waals surface area contributed by atoms with E-state index in [1.807, 2.05) is 11.7 Å². The van der Waals surface area contributed by atoms with Gasteiger partial charge in [0.05, 0.1) is 11.3 Å². The number of ether oxygens (including phenoxy) is 1. The van der Waals surface area contributed by atoms with Crippen LogP contribution in [-0.4, -0.2) is 39.5 Å². The van der Waals surface area contributed by atoms with Gasteiger partial charge < -0.3 is 10.1 Å². The molecule has 0 radical (unpaired) electrons. The van der Waals surface area contributed by atoms with Crippen molar-refractivity contribution < 1.29 is 4.74 Å². The molecule has 1 unspecified atom stereocenters. The number of hydrogen-bond acceptors (Lipinski definition) is 4. The van der Waals surface area contributed by atoms with Crippen LogP contribution in [0.2, 0.25) is 0 Å². The summed E-state index contributed by atoms with van der Waals surface area (Å²) in [7, 11) is 1.99. The van der Waals surface area contributed by atoms with Crippen molar-refractivity contribution in [1.82, 2.24) is 15.1 Å². The molecule has 20 heavy (non-hydrogen) atoms. The zero-order valence-electron chi connectivity index (χ0n) is 12.5. The Morgan fingerprint density at radius 1 is 1.50 bits per heavy atom. The van der Waals surface area contributed by atoms with Crippen molar-refractivity contribution in [3.8, 4) is 0 Å². The molecule has 2 saturated heterocycles. The van der Waals surface area contributed by atoms with Gasteiger partial charge in [-0.15, -0.1) is 0 Å². The van der Waals surface area contributed by atoms with E-state index >= 15 is 0 Å². The van der Waals surface area contributed by atoms with Crippen LogP contribution in [0.15, 0.2) is 6.20 Å². The molecule has 5 heteroatoms. The Morgan fingerprint density at radius 3 is 3.00 bits per heavy atom. The Labute approximate surface area is 125 Å². The predicted molar refractivity (Wildman–Crippen MR) is 83.0 cm³/mol. The molecule has 1 aromatic rings. The van der Waals surface area contributed by atoms with E-state index in [-0.39, 0.29) is 5.60 Å². The molecule has 2 aliphatic rings. The minimum Gasteiger partial charge on any atom is -0.375 e. The fourth-order valence-electron chi connectivity index (χ4n) is 3.37. The van der Waals surface area contributed by atoms with Gasteiger partial charge in [0.2, 0.25) is 0 Å². The highest BCUT2D eigenvalue weighted by Gasteiger charge is 2.38. The van der Waals surface area contributed by atoms with Crippen molar-refractivity contribution in [2.75, 3.05) is 18.1 Å². The lowest BCUT2D eigenvalue weighted by Gasteiger charge is -2.43. The second-order valence-electron chi connectivity index (χ2n) is 6.13. The van der Waals surface area contributed by atoms with Gasteiger partial charge in [0.1, 0.15) is 0 Å². The van der Waals surface area contributed by atoms with E-state index in [9.17, 15) is 0 Å². The highest BCUT2D eigenvalue weighted by molar-refractivity contribution is 7.99. The summed E-state index contributed by atoms with van der Waals surface area (Å²) in [6.45, 7) is 3.92. The van der Waals surface area contributed by atoms with Crippen LogP contribution in [0.3, 0.4) is 0 Å². The molecule has 1 spiro atoms. The van der Waals surface area contributed by atoms with E-state index in [0.29, 0.717) is 6.04 Å². The summed E-state index contributed by atoms with van der Waals surface area (Å²) in [5.41, 5.74) is 2.62. The second-order valence-corrected chi connectivity index (χ2v) is 7.35. The first kappa shape index (κ1) is 14.4. The molecule has 1 N–H and O–H groups in total. The minimum absolute atomic E-state index is 0.172. The molecule has 112 valence electrons. The van der Waals surface area contributed by atoms with Crippen LogP contribution in [-0.2, 0) is 18.3 Å². The van der Waals surface area contributed by atoms with Crippen LogP contribution in [0, 0.1) is 6.92 Å². The number of nitrogens with one attached hydrogen (secondary N) is 1. The summed E-state index contributed by atoms with van der Waals surface area (Å²) < 4.78 is 8.05. The normalized spacial score (nSPS) is 26.0. The lowest BCUT2D eigenvalue weighted by molar-refractivity contribution is -0.0933. The van der Waals surface area contributed by atoms with E-state index in [4.69, 9.17) is 4.74 Å². The molecule has 0 bridgehead atoms. The number of hydrogen-bond donors (Lipinski definition) is 1. The molecule has 0 amide bonds. The van der Waals surface area contributed by atoms with Crippen molar-refractivity contribution in [2.24, 2.45) is 7.05 Å². The van der Waals surface area contributed by atoms with Crippen molar-refractivity contribution in [3.05, 3.63) is 17.5 Å². The molecule has 0 aliphatic carbocycles. The van der Waals surface area contributed by atoms with Gasteiger partial charge in [-0.05, 0) is 44.1 Å². The average Bonchev–Trinajstić information content (AvgIpc) is 2.76. The Balaban J connectivity index is 1.56. The van der Waals surface area contributed by atoms with Crippen molar-refractivity contribution in [3.63, 3.8) is 0 Å². The van der Waals surface area contributed by atoms with Gasteiger partial charge in [-0.1, -0.05) is 0 Å². The Bertz CT molecular complexity index is 448. The molecule has 0 aromatic carbocycles. The van der Waals surface area contributed by atoms with Crippen LogP contribution in [0.25, 0.3) is 0 Å². The van der Waals surface area contributed by atoms with E-state index in [2.05, 4.69) is 35.3 Å². The highest BCUT2D eigenvalue weighted by Crippen LogP contribution is 2.37. The van der Waals surface area contributed by atoms with Gasteiger partial charge in [0, 0.05) is 38.0 Å². The summed E-state index contributed by atoms with van der Waals surface area (Å²) in [6, 6.07) is 0.589. The minimum atomic E-state index is 0.172. The standard InChI is InChI=1S/C15H25N3OS/c1-12-13(11-18(2)17-12)10-16-14-3-6-19-15(9-14)4-7-20-8-5-15/h11,14,16H,3-10H2,1-2H3. The first-order valence-corrected chi connectivity index (χ1v) is 8.77. The van der Waals surface area contributed by atoms with Crippen molar-refractivity contribution in [1.29, 1.82) is 0 Å². The number of aryl methyl sites for hydroxylation is 2. The fourth-order valence-corrected chi connectivity index (χ4v) is 4.61. The third-order valence-electron chi connectivity index (χ3n) is 4.59. The van der Waals surface area contributed by atoms with Crippen LogP contribution in [0.5, 0.6) is 0 Å². The summed E-state index contributed by atoms with van der Waals surface area (Å²) in [5.74, 6) is 2.52. The van der Waals surface area contributed by atoms with E-state index < -0.39 is 0 Å². The van der Waals surface area contributed by atoms with Gasteiger partial charge in [-0.3, -0.25) is 4.68 Å². The van der Waals surface area contributed by atoms with E-state index in [1.165, 1.54) is 36.3 Å². The molecule has 0 saturated carbocycles. The predicted octanol–water partition coefficient (Wildman–Crippen LogP) is 2.26. The van der Waals surface area contributed by atoms with Gasteiger partial charge in [-0.25, -0.2) is 0 Å². The molecule has 2 fully saturated rings. The molecule has 3 heterocycles. The molecule has 4 nitrogen and oxygen atoms in total. The largest absolute Gasteiger partial charge is 0.375 e. The van der Waals surface area contributed by atoms with Gasteiger partial charge in [0.25, 0.3) is 0 Å². The Morgan fingerprint density at radius 2 is 2.30 bits per heavy atom. The molecular formula is C15H25N3OS. The summed E-state index contributed by atoms with van der Waals surface area (Å²) in [4.78, 5) is 0. The first-order valence-electron chi connectivity index (χ1n) is 7.61. The number of rotatable bonds is 3. The third-order valence-corrected chi connectivity index (χ3v) is 5.58. The highest BCUT2D eigenvalue weighted by atomic mass is 32.2. The average molecular weight is 295 g/mol. The maximum absolute atomic E-state index is 6.15. The summed E-state index contributed by atoms with van der Waals surface area (Å²) in [5, 5.41) is 8.13. The number of aromatic nitrogens is 2. The van der Waals surface area contributed by atoms with Crippen LogP contribution >= 0.6 is 11.8 Å². The fraction of sp³-hybridized carbons (Fsp3) is 0.800. The second kappa shape index (κ2) is 6.08. The lowest BCUT2D eigenvalue weighted by atomic mass is 9.85. The number of nitrogens with zero attached hydrogens (tertiary/aromatic N) is 2. The van der Waals surface area contributed by atoms with Crippen molar-refractivity contribution >= 4 is 11.8 Å². The molecule has 1 atom stereocenters. The van der Waals surface area contributed by atoms with E-state index in [0.717, 1.165) is 25.3 Å². The zero-order chi connectivity index (χ0) is 14.0. The molecule has 1 aromatic heterocycles. The van der Waals surface area contributed by atoms with Crippen LogP contribution < -0.4 is 5.32 Å². The van der Waals surface area contributed by atoms with Gasteiger partial charge >= 0.3 is 0 Å². The number of thioether (sulfide) groups is 1. The molecular weight excluding hydrogens is 270 g/mol. The van der Waals surface area contributed by atoms with Gasteiger partial charge in [0.15, 0.2) is 0 Å². The van der Waals surface area contributed by atoms with E-state index in [1.54, 1.807) is 0 Å². The maximum Gasteiger partial charge on any atom is 0.0713 e. The SMILES string of the molecule is Cc1nn(C)cc1CNC1CCOC2(CCSCC2)C1. The summed E-state index contributed by atoms with van der Waals surface area (Å²) >= 11 is 2.07. The quantitative estimate of drug-likeness (QED) is 0.928. The lowest BCUT2D eigenvalue weighted by Crippen LogP contribution is -2.48. The molecule has 3 rings (SSSR count). The molecule has 2 aliphatic heterocycles. The summed E-state index contributed by atoms with van der Waals surface area (Å²) in [6.07, 6.45) is 6.87. The van der Waals surface area contributed by atoms with Crippen molar-refractivity contribution in [2.45, 2.75) is 50.8 Å². The Hall–Kier alpha value is -0.520. The van der Waals surface area contributed by atoms with Crippen LogP contribution in [0.1, 0.15) is 36.9 Å². The smallest absolute Gasteiger partial charge is 0.0713 e. The van der Waals surface area contributed by atoms with Gasteiger partial charge in [-0.2, -0.15) is 16.9 Å². The first-order chi connectivity index (χ1) is 9.67.